The summed E-state index contributed by atoms with van der Waals surface area (Å²) in [5.41, 5.74) is 1.16. The van der Waals surface area contributed by atoms with Crippen LogP contribution in [0, 0.1) is 5.92 Å². The van der Waals surface area contributed by atoms with Crippen LogP contribution in [0.4, 0.5) is 0 Å². The van der Waals surface area contributed by atoms with Crippen molar-refractivity contribution in [2.75, 3.05) is 6.61 Å². The zero-order valence-electron chi connectivity index (χ0n) is 12.0. The summed E-state index contributed by atoms with van der Waals surface area (Å²) in [6, 6.07) is 7.72. The van der Waals surface area contributed by atoms with Crippen LogP contribution in [0.3, 0.4) is 0 Å². The van der Waals surface area contributed by atoms with Crippen LogP contribution in [-0.2, 0) is 16.1 Å². The summed E-state index contributed by atoms with van der Waals surface area (Å²) < 4.78 is 5.07. The lowest BCUT2D eigenvalue weighted by molar-refractivity contribution is -0.149. The standard InChI is InChI=1S/C16H23NO3/c1-2-20-16(19)13-5-7-14(8-6-13)17-11-12-3-9-15(18)10-4-12/h3-4,9-10,13-14,17-18H,2,5-8,11H2,1H3. The molecule has 0 atom stereocenters. The van der Waals surface area contributed by atoms with Crippen LogP contribution < -0.4 is 5.32 Å². The fraction of sp³-hybridized carbons (Fsp3) is 0.562. The number of carbonyl (C=O) groups is 1. The van der Waals surface area contributed by atoms with Crippen LogP contribution in [0.5, 0.6) is 5.75 Å². The normalized spacial score (nSPS) is 22.4. The first-order valence-corrected chi connectivity index (χ1v) is 7.37. The highest BCUT2D eigenvalue weighted by atomic mass is 16.5. The van der Waals surface area contributed by atoms with E-state index in [9.17, 15) is 9.90 Å². The second-order valence-corrected chi connectivity index (χ2v) is 5.35. The number of rotatable bonds is 5. The molecule has 0 saturated heterocycles. The molecule has 1 fully saturated rings. The van der Waals surface area contributed by atoms with Gasteiger partial charge < -0.3 is 15.2 Å². The molecule has 1 saturated carbocycles. The average Bonchev–Trinajstić information content (AvgIpc) is 2.47. The highest BCUT2D eigenvalue weighted by Gasteiger charge is 2.26. The lowest BCUT2D eigenvalue weighted by atomic mass is 9.86. The van der Waals surface area contributed by atoms with E-state index in [2.05, 4.69) is 5.32 Å². The molecular formula is C16H23NO3. The zero-order chi connectivity index (χ0) is 14.4. The Bertz CT molecular complexity index is 422. The van der Waals surface area contributed by atoms with E-state index in [1.165, 1.54) is 0 Å². The monoisotopic (exact) mass is 277 g/mol. The molecule has 1 aromatic rings. The highest BCUT2D eigenvalue weighted by Crippen LogP contribution is 2.25. The van der Waals surface area contributed by atoms with Crippen LogP contribution in [0.1, 0.15) is 38.2 Å². The lowest BCUT2D eigenvalue weighted by Gasteiger charge is -2.28. The van der Waals surface area contributed by atoms with Gasteiger partial charge in [0, 0.05) is 12.6 Å². The minimum absolute atomic E-state index is 0.0375. The van der Waals surface area contributed by atoms with E-state index < -0.39 is 0 Å². The van der Waals surface area contributed by atoms with E-state index in [1.807, 2.05) is 19.1 Å². The van der Waals surface area contributed by atoms with Gasteiger partial charge in [0.1, 0.15) is 5.75 Å². The van der Waals surface area contributed by atoms with E-state index in [0.717, 1.165) is 37.8 Å². The molecule has 4 heteroatoms. The third kappa shape index (κ3) is 4.23. The molecule has 1 aliphatic rings. The summed E-state index contributed by atoms with van der Waals surface area (Å²) in [5, 5.41) is 12.7. The van der Waals surface area contributed by atoms with Gasteiger partial charge in [0.25, 0.3) is 0 Å². The lowest BCUT2D eigenvalue weighted by Crippen LogP contribution is -2.35. The Kier molecular flexibility index (Phi) is 5.41. The summed E-state index contributed by atoms with van der Waals surface area (Å²) in [6.07, 6.45) is 3.85. The highest BCUT2D eigenvalue weighted by molar-refractivity contribution is 5.72. The average molecular weight is 277 g/mol. The van der Waals surface area contributed by atoms with Crippen molar-refractivity contribution in [1.29, 1.82) is 0 Å². The molecule has 4 nitrogen and oxygen atoms in total. The van der Waals surface area contributed by atoms with Gasteiger partial charge >= 0.3 is 5.97 Å². The molecule has 0 unspecified atom stereocenters. The van der Waals surface area contributed by atoms with Crippen molar-refractivity contribution in [2.45, 2.75) is 45.2 Å². The largest absolute Gasteiger partial charge is 0.508 e. The molecule has 0 spiro atoms. The fourth-order valence-electron chi connectivity index (χ4n) is 2.67. The van der Waals surface area contributed by atoms with Crippen LogP contribution in [0.25, 0.3) is 0 Å². The van der Waals surface area contributed by atoms with E-state index in [-0.39, 0.29) is 11.9 Å². The summed E-state index contributed by atoms with van der Waals surface area (Å²) in [4.78, 5) is 11.6. The van der Waals surface area contributed by atoms with Gasteiger partial charge in [-0.25, -0.2) is 0 Å². The maximum absolute atomic E-state index is 11.6. The molecule has 2 N–H and O–H groups in total. The Morgan fingerprint density at radius 1 is 1.25 bits per heavy atom. The van der Waals surface area contributed by atoms with Crippen molar-refractivity contribution in [3.63, 3.8) is 0 Å². The summed E-state index contributed by atoms with van der Waals surface area (Å²) in [5.74, 6) is 0.342. The number of phenolic OH excluding ortho intramolecular Hbond substituents is 1. The zero-order valence-corrected chi connectivity index (χ0v) is 12.0. The fourth-order valence-corrected chi connectivity index (χ4v) is 2.67. The Labute approximate surface area is 120 Å². The molecule has 1 aliphatic carbocycles. The molecule has 0 aromatic heterocycles. The maximum atomic E-state index is 11.6. The molecule has 0 amide bonds. The van der Waals surface area contributed by atoms with Gasteiger partial charge in [-0.05, 0) is 50.3 Å². The van der Waals surface area contributed by atoms with E-state index in [4.69, 9.17) is 4.74 Å². The molecule has 0 bridgehead atoms. The number of carbonyl (C=O) groups excluding carboxylic acids is 1. The van der Waals surface area contributed by atoms with Crippen molar-refractivity contribution in [1.82, 2.24) is 5.32 Å². The number of esters is 1. The molecular weight excluding hydrogens is 254 g/mol. The van der Waals surface area contributed by atoms with Gasteiger partial charge in [0.2, 0.25) is 0 Å². The van der Waals surface area contributed by atoms with Crippen molar-refractivity contribution in [3.8, 4) is 5.75 Å². The van der Waals surface area contributed by atoms with Crippen molar-refractivity contribution >= 4 is 5.97 Å². The van der Waals surface area contributed by atoms with E-state index in [0.29, 0.717) is 18.4 Å². The molecule has 110 valence electrons. The van der Waals surface area contributed by atoms with Gasteiger partial charge in [-0.15, -0.1) is 0 Å². The topological polar surface area (TPSA) is 58.6 Å². The Hall–Kier alpha value is -1.55. The first kappa shape index (κ1) is 14.9. The molecule has 20 heavy (non-hydrogen) atoms. The molecule has 2 rings (SSSR count). The number of hydrogen-bond acceptors (Lipinski definition) is 4. The molecule has 1 aromatic carbocycles. The second-order valence-electron chi connectivity index (χ2n) is 5.35. The SMILES string of the molecule is CCOC(=O)C1CCC(NCc2ccc(O)cc2)CC1. The van der Waals surface area contributed by atoms with Crippen LogP contribution in [0.15, 0.2) is 24.3 Å². The maximum Gasteiger partial charge on any atom is 0.308 e. The quantitative estimate of drug-likeness (QED) is 0.812. The number of benzene rings is 1. The number of nitrogens with one attached hydrogen (secondary N) is 1. The minimum atomic E-state index is -0.0375. The van der Waals surface area contributed by atoms with Gasteiger partial charge in [-0.3, -0.25) is 4.79 Å². The Balaban J connectivity index is 1.72. The number of phenols is 1. The first-order chi connectivity index (χ1) is 9.69. The first-order valence-electron chi connectivity index (χ1n) is 7.37. The second kappa shape index (κ2) is 7.29. The summed E-state index contributed by atoms with van der Waals surface area (Å²) >= 11 is 0. The van der Waals surface area contributed by atoms with Gasteiger partial charge in [0.05, 0.1) is 12.5 Å². The van der Waals surface area contributed by atoms with Crippen LogP contribution in [-0.4, -0.2) is 23.7 Å². The van der Waals surface area contributed by atoms with Crippen LogP contribution in [0.2, 0.25) is 0 Å². The van der Waals surface area contributed by atoms with E-state index >= 15 is 0 Å². The van der Waals surface area contributed by atoms with Gasteiger partial charge in [-0.1, -0.05) is 12.1 Å². The number of aromatic hydroxyl groups is 1. The van der Waals surface area contributed by atoms with Crippen molar-refractivity contribution in [2.24, 2.45) is 5.92 Å². The smallest absolute Gasteiger partial charge is 0.308 e. The summed E-state index contributed by atoms with van der Waals surface area (Å²) in [7, 11) is 0. The molecule has 0 radical (unpaired) electrons. The third-order valence-corrected chi connectivity index (χ3v) is 3.88. The van der Waals surface area contributed by atoms with E-state index in [1.54, 1.807) is 12.1 Å². The minimum Gasteiger partial charge on any atom is -0.508 e. The molecule has 0 heterocycles. The van der Waals surface area contributed by atoms with Gasteiger partial charge in [0.15, 0.2) is 0 Å². The Morgan fingerprint density at radius 3 is 2.50 bits per heavy atom. The number of hydrogen-bond donors (Lipinski definition) is 2. The summed E-state index contributed by atoms with van der Waals surface area (Å²) in [6.45, 7) is 3.12. The van der Waals surface area contributed by atoms with Crippen molar-refractivity contribution < 1.29 is 14.6 Å². The van der Waals surface area contributed by atoms with Crippen LogP contribution >= 0.6 is 0 Å². The predicted octanol–water partition coefficient (Wildman–Crippen LogP) is 2.60. The van der Waals surface area contributed by atoms with Gasteiger partial charge in [-0.2, -0.15) is 0 Å². The van der Waals surface area contributed by atoms with Crippen molar-refractivity contribution in [3.05, 3.63) is 29.8 Å². The third-order valence-electron chi connectivity index (χ3n) is 3.88. The predicted molar refractivity (Wildman–Crippen MR) is 77.3 cm³/mol. The number of ether oxygens (including phenoxy) is 1. The molecule has 0 aliphatic heterocycles. The Morgan fingerprint density at radius 2 is 1.90 bits per heavy atom.